The van der Waals surface area contributed by atoms with Crippen LogP contribution in [-0.4, -0.2) is 74.3 Å². The zero-order valence-corrected chi connectivity index (χ0v) is 60.1. The predicted molar refractivity (Wildman–Crippen MR) is 387 cm³/mol. The quantitative estimate of drug-likeness (QED) is 0.0205. The number of allylic oxidation sites excluding steroid dienone is 15. The van der Waals surface area contributed by atoms with Gasteiger partial charge in [-0.2, -0.15) is 0 Å². The molecule has 0 aromatic heterocycles. The topological polar surface area (TPSA) is 111 Å². The lowest BCUT2D eigenvalue weighted by molar-refractivity contribution is -0.870. The molecule has 0 aromatic carbocycles. The third-order valence-electron chi connectivity index (χ3n) is 16.5. The van der Waals surface area contributed by atoms with Gasteiger partial charge in [-0.05, 0) is 115 Å². The van der Waals surface area contributed by atoms with E-state index in [0.717, 1.165) is 89.9 Å². The van der Waals surface area contributed by atoms with E-state index in [1.54, 1.807) is 0 Å². The van der Waals surface area contributed by atoms with E-state index >= 15 is 0 Å². The fourth-order valence-corrected chi connectivity index (χ4v) is 11.4. The molecule has 89 heavy (non-hydrogen) atoms. The Morgan fingerprint density at radius 3 is 1.04 bits per heavy atom. The van der Waals surface area contributed by atoms with E-state index in [0.29, 0.717) is 17.4 Å². The number of esters is 1. The minimum atomic E-state index is -4.46. The van der Waals surface area contributed by atoms with Gasteiger partial charge in [0.1, 0.15) is 19.3 Å². The number of likely N-dealkylation sites (N-methyl/N-ethyl adjacent to an activating group) is 1. The van der Waals surface area contributed by atoms with Gasteiger partial charge in [0.05, 0.1) is 33.8 Å². The molecular weight excluding hydrogens is 1120 g/mol. The minimum Gasteiger partial charge on any atom is -0.456 e. The number of nitrogens with one attached hydrogen (secondary N) is 1. The molecule has 9 nitrogen and oxygen atoms in total. The van der Waals surface area contributed by atoms with Gasteiger partial charge >= 0.3 is 13.8 Å². The van der Waals surface area contributed by atoms with Gasteiger partial charge in [-0.25, -0.2) is 4.57 Å². The van der Waals surface area contributed by atoms with Crippen LogP contribution in [0.4, 0.5) is 0 Å². The second-order valence-corrected chi connectivity index (χ2v) is 27.9. The zero-order chi connectivity index (χ0) is 64.9. The lowest BCUT2D eigenvalue weighted by atomic mass is 10.0. The van der Waals surface area contributed by atoms with Crippen molar-refractivity contribution >= 4 is 19.7 Å². The summed E-state index contributed by atoms with van der Waals surface area (Å²) < 4.78 is 30.9. The summed E-state index contributed by atoms with van der Waals surface area (Å²) >= 11 is 0. The standard InChI is InChI=1S/C79H143N2O7P/c1-7-10-13-16-19-22-25-28-30-32-34-36-38-39-40-41-43-45-47-49-51-54-57-60-63-66-69-72-79(83)88-77(70-67-64-61-58-55-52-27-24-21-18-15-12-9-3)76(75-87-89(84,85)86-74-73-81(4,5)6)80-78(82)71-68-65-62-59-56-53-50-48-46-44-42-37-35-33-31-29-26-23-20-17-14-11-8-2/h19-20,22-23,28-31,34-37,39-40,67,70,76-77H,7-18,21,24-27,32-33,38,41-66,68-69,71-75H2,1-6H3,(H-,80,82,84,85)/p+1/b22-19-,23-20-,30-28-,31-29-,36-34-,37-35-,40-39-,70-67+. The third kappa shape index (κ3) is 69.1. The first-order chi connectivity index (χ1) is 43.4. The van der Waals surface area contributed by atoms with Gasteiger partial charge in [0.25, 0.3) is 0 Å². The summed E-state index contributed by atoms with van der Waals surface area (Å²) in [5.41, 5.74) is 0. The second kappa shape index (κ2) is 67.8. The smallest absolute Gasteiger partial charge is 0.456 e. The molecule has 10 heteroatoms. The van der Waals surface area contributed by atoms with Crippen molar-refractivity contribution in [2.45, 2.75) is 354 Å². The van der Waals surface area contributed by atoms with Crippen LogP contribution in [0.5, 0.6) is 0 Å². The maximum Gasteiger partial charge on any atom is 0.472 e. The number of amides is 1. The summed E-state index contributed by atoms with van der Waals surface area (Å²) in [5, 5.41) is 3.08. The number of carbonyl (C=O) groups excluding carboxylic acids is 2. The molecule has 3 atom stereocenters. The Balaban J connectivity index is 5.06. The van der Waals surface area contributed by atoms with Crippen molar-refractivity contribution in [3.05, 3.63) is 97.2 Å². The molecule has 0 aliphatic heterocycles. The number of unbranched alkanes of at least 4 members (excludes halogenated alkanes) is 38. The van der Waals surface area contributed by atoms with E-state index in [1.807, 2.05) is 33.3 Å². The van der Waals surface area contributed by atoms with Gasteiger partial charge in [-0.15, -0.1) is 0 Å². The van der Waals surface area contributed by atoms with Crippen LogP contribution in [0.1, 0.15) is 342 Å². The van der Waals surface area contributed by atoms with Crippen molar-refractivity contribution in [2.75, 3.05) is 40.9 Å². The van der Waals surface area contributed by atoms with Gasteiger partial charge < -0.3 is 19.4 Å². The fourth-order valence-electron chi connectivity index (χ4n) is 10.7. The lowest BCUT2D eigenvalue weighted by Gasteiger charge is -2.27. The Kier molecular flexibility index (Phi) is 65.5. The van der Waals surface area contributed by atoms with Crippen LogP contribution in [0.2, 0.25) is 0 Å². The Bertz CT molecular complexity index is 1840. The third-order valence-corrected chi connectivity index (χ3v) is 17.5. The van der Waals surface area contributed by atoms with Crippen LogP contribution >= 0.6 is 7.82 Å². The summed E-state index contributed by atoms with van der Waals surface area (Å²) in [5.74, 6) is -0.506. The van der Waals surface area contributed by atoms with Crippen molar-refractivity contribution in [1.29, 1.82) is 0 Å². The van der Waals surface area contributed by atoms with Crippen LogP contribution in [0.25, 0.3) is 0 Å². The molecular formula is C79H144N2O7P+. The van der Waals surface area contributed by atoms with E-state index in [9.17, 15) is 19.0 Å². The normalized spacial score (nSPS) is 14.0. The molecule has 0 aliphatic carbocycles. The summed E-state index contributed by atoms with van der Waals surface area (Å²) in [4.78, 5) is 38.0. The van der Waals surface area contributed by atoms with E-state index < -0.39 is 20.0 Å². The van der Waals surface area contributed by atoms with Crippen LogP contribution in [0, 0.1) is 0 Å². The molecule has 0 bridgehead atoms. The largest absolute Gasteiger partial charge is 0.472 e. The summed E-state index contributed by atoms with van der Waals surface area (Å²) in [7, 11) is 1.49. The molecule has 0 heterocycles. The predicted octanol–water partition coefficient (Wildman–Crippen LogP) is 24.2. The highest BCUT2D eigenvalue weighted by molar-refractivity contribution is 7.47. The van der Waals surface area contributed by atoms with Crippen LogP contribution < -0.4 is 5.32 Å². The average Bonchev–Trinajstić information content (AvgIpc) is 3.63. The van der Waals surface area contributed by atoms with Gasteiger partial charge in [0.2, 0.25) is 5.91 Å². The SMILES string of the molecule is CCCCC/C=C\C/C=C\C/C=C\C/C=C\CCCCCCCCCCCCCC(=O)OC(/C=C/CCCCCCCCCCCCC)C(COP(=O)(O)OCC[N+](C)(C)C)NC(=O)CCCCCCCCCCCC/C=C\C/C=C\C/C=C\CCCCC. The maximum absolute atomic E-state index is 13.6. The van der Waals surface area contributed by atoms with Crippen LogP contribution in [-0.2, 0) is 27.9 Å². The highest BCUT2D eigenvalue weighted by atomic mass is 31.2. The minimum absolute atomic E-state index is 0.0359. The summed E-state index contributed by atoms with van der Waals surface area (Å²) in [6, 6.07) is -0.858. The number of carbonyl (C=O) groups is 2. The summed E-state index contributed by atoms with van der Waals surface area (Å²) in [6.07, 6.45) is 92.7. The van der Waals surface area contributed by atoms with Crippen molar-refractivity contribution in [2.24, 2.45) is 0 Å². The molecule has 3 unspecified atom stereocenters. The number of phosphoric acid groups is 1. The Labute approximate surface area is 551 Å². The van der Waals surface area contributed by atoms with E-state index in [4.69, 9.17) is 13.8 Å². The average molecular weight is 1270 g/mol. The van der Waals surface area contributed by atoms with Gasteiger partial charge in [0.15, 0.2) is 0 Å². The number of hydrogen-bond acceptors (Lipinski definition) is 6. The van der Waals surface area contributed by atoms with Crippen molar-refractivity contribution in [1.82, 2.24) is 5.32 Å². The van der Waals surface area contributed by atoms with E-state index in [1.165, 1.54) is 218 Å². The lowest BCUT2D eigenvalue weighted by Crippen LogP contribution is -2.47. The van der Waals surface area contributed by atoms with Crippen LogP contribution in [0.3, 0.4) is 0 Å². The van der Waals surface area contributed by atoms with Crippen molar-refractivity contribution in [3.63, 3.8) is 0 Å². The van der Waals surface area contributed by atoms with E-state index in [-0.39, 0.29) is 31.5 Å². The molecule has 516 valence electrons. The maximum atomic E-state index is 13.6. The van der Waals surface area contributed by atoms with Gasteiger partial charge in [0, 0.05) is 12.8 Å². The Hall–Kier alpha value is -3.07. The molecule has 0 saturated carbocycles. The molecule has 0 aromatic rings. The highest BCUT2D eigenvalue weighted by Gasteiger charge is 2.30. The number of quaternary nitrogens is 1. The van der Waals surface area contributed by atoms with Crippen LogP contribution in [0.15, 0.2) is 97.2 Å². The van der Waals surface area contributed by atoms with Crippen molar-refractivity contribution in [3.8, 4) is 0 Å². The van der Waals surface area contributed by atoms with Gasteiger partial charge in [-0.1, -0.05) is 311 Å². The molecule has 0 aliphatic rings. The first-order valence-corrected chi connectivity index (χ1v) is 39.1. The number of ether oxygens (including phenoxy) is 1. The summed E-state index contributed by atoms with van der Waals surface area (Å²) in [6.45, 7) is 6.99. The highest BCUT2D eigenvalue weighted by Crippen LogP contribution is 2.43. The molecule has 0 fully saturated rings. The number of rotatable bonds is 68. The molecule has 1 amide bonds. The van der Waals surface area contributed by atoms with E-state index in [2.05, 4.69) is 111 Å². The Morgan fingerprint density at radius 1 is 0.393 bits per heavy atom. The second-order valence-electron chi connectivity index (χ2n) is 26.5. The monoisotopic (exact) mass is 1260 g/mol. The number of nitrogens with zero attached hydrogens (tertiary/aromatic N) is 1. The Morgan fingerprint density at radius 2 is 0.685 bits per heavy atom. The van der Waals surface area contributed by atoms with Gasteiger partial charge in [-0.3, -0.25) is 18.6 Å². The fraction of sp³-hybridized carbons (Fsp3) is 0.772. The van der Waals surface area contributed by atoms with Crippen molar-refractivity contribution < 1.29 is 37.3 Å². The first-order valence-electron chi connectivity index (χ1n) is 37.6. The first kappa shape index (κ1) is 85.9. The number of hydrogen-bond donors (Lipinski definition) is 2. The molecule has 0 saturated heterocycles. The number of phosphoric ester groups is 1. The zero-order valence-electron chi connectivity index (χ0n) is 59.2. The molecule has 0 spiro atoms. The molecule has 0 rings (SSSR count). The molecule has 0 radical (unpaired) electrons. The molecule has 2 N–H and O–H groups in total.